The van der Waals surface area contributed by atoms with Gasteiger partial charge in [0.2, 0.25) is 5.91 Å². The number of aromatic amines is 1. The summed E-state index contributed by atoms with van der Waals surface area (Å²) < 4.78 is 0. The van der Waals surface area contributed by atoms with E-state index in [0.717, 1.165) is 65.2 Å². The number of aromatic nitrogens is 2. The summed E-state index contributed by atoms with van der Waals surface area (Å²) in [6.45, 7) is -0.273. The first kappa shape index (κ1) is 16.8. The number of anilines is 1. The molecule has 1 aromatic heterocycles. The van der Waals surface area contributed by atoms with Gasteiger partial charge in [-0.1, -0.05) is 12.0 Å². The minimum absolute atomic E-state index is 0.273. The summed E-state index contributed by atoms with van der Waals surface area (Å²) in [6, 6.07) is 5.34. The molecule has 3 amide bonds. The van der Waals surface area contributed by atoms with Crippen LogP contribution in [0, 0.1) is 0 Å². The van der Waals surface area contributed by atoms with Crippen LogP contribution >= 0.6 is 11.8 Å². The molecule has 2 aromatic rings. The Hall–Kier alpha value is -2.61. The largest absolute Gasteiger partial charge is 0.325 e. The van der Waals surface area contributed by atoms with Gasteiger partial charge in [0.1, 0.15) is 6.54 Å². The van der Waals surface area contributed by atoms with Crippen LogP contribution in [-0.4, -0.2) is 38.7 Å². The first-order chi connectivity index (χ1) is 12.6. The van der Waals surface area contributed by atoms with Crippen LogP contribution in [0.5, 0.6) is 0 Å². The minimum atomic E-state index is -0.398. The number of thioether (sulfide) groups is 1. The van der Waals surface area contributed by atoms with E-state index in [2.05, 4.69) is 15.5 Å². The number of hydrogen-bond acceptors (Lipinski definition) is 5. The van der Waals surface area contributed by atoms with Crippen molar-refractivity contribution in [3.05, 3.63) is 34.9 Å². The van der Waals surface area contributed by atoms with Crippen LogP contribution in [0.1, 0.15) is 32.1 Å². The molecule has 7 nitrogen and oxygen atoms in total. The Morgan fingerprint density at radius 2 is 2.04 bits per heavy atom. The number of carbonyl (C=O) groups is 3. The number of allylic oxidation sites excluding steroid dienone is 1. The van der Waals surface area contributed by atoms with Gasteiger partial charge in [0.25, 0.3) is 11.1 Å². The van der Waals surface area contributed by atoms with Crippen molar-refractivity contribution >= 4 is 45.4 Å². The van der Waals surface area contributed by atoms with E-state index in [1.165, 1.54) is 0 Å². The summed E-state index contributed by atoms with van der Waals surface area (Å²) in [6.07, 6.45) is 6.67. The van der Waals surface area contributed by atoms with E-state index in [1.54, 1.807) is 18.3 Å². The molecule has 0 radical (unpaired) electrons. The van der Waals surface area contributed by atoms with E-state index in [9.17, 15) is 14.4 Å². The van der Waals surface area contributed by atoms with Gasteiger partial charge >= 0.3 is 0 Å². The Morgan fingerprint density at radius 1 is 1.23 bits per heavy atom. The van der Waals surface area contributed by atoms with Crippen molar-refractivity contribution in [2.75, 3.05) is 11.9 Å². The highest BCUT2D eigenvalue weighted by Gasteiger charge is 2.38. The molecule has 4 rings (SSSR count). The number of hydrogen-bond donors (Lipinski definition) is 2. The summed E-state index contributed by atoms with van der Waals surface area (Å²) in [5.74, 6) is -0.734. The van der Waals surface area contributed by atoms with Crippen molar-refractivity contribution in [1.82, 2.24) is 15.1 Å². The third kappa shape index (κ3) is 3.24. The van der Waals surface area contributed by atoms with E-state index in [0.29, 0.717) is 10.6 Å². The molecule has 1 aromatic carbocycles. The van der Waals surface area contributed by atoms with Gasteiger partial charge in [-0.2, -0.15) is 5.10 Å². The van der Waals surface area contributed by atoms with Crippen LogP contribution < -0.4 is 5.32 Å². The normalized spacial score (nSPS) is 18.1. The molecule has 1 saturated heterocycles. The van der Waals surface area contributed by atoms with Crippen LogP contribution in [0.15, 0.2) is 34.9 Å². The summed E-state index contributed by atoms with van der Waals surface area (Å²) in [5, 5.41) is 10.0. The SMILES string of the molecule is O=C(CN1C(=O)SC(=C2CCCCC2)C1=O)Nc1ccc2[nH]ncc2c1. The molecular weight excluding hydrogens is 352 g/mol. The number of imide groups is 1. The third-order valence-electron chi connectivity index (χ3n) is 4.65. The maximum atomic E-state index is 12.6. The molecule has 2 aliphatic rings. The molecule has 0 spiro atoms. The predicted octanol–water partition coefficient (Wildman–Crippen LogP) is 3.42. The highest BCUT2D eigenvalue weighted by atomic mass is 32.2. The molecule has 8 heteroatoms. The van der Waals surface area contributed by atoms with E-state index in [4.69, 9.17) is 0 Å². The van der Waals surface area contributed by atoms with Crippen molar-refractivity contribution in [3.8, 4) is 0 Å². The number of amides is 3. The fourth-order valence-electron chi connectivity index (χ4n) is 3.32. The monoisotopic (exact) mass is 370 g/mol. The van der Waals surface area contributed by atoms with Crippen molar-refractivity contribution in [3.63, 3.8) is 0 Å². The Labute approximate surface area is 154 Å². The molecule has 1 aliphatic heterocycles. The van der Waals surface area contributed by atoms with Gasteiger partial charge in [-0.15, -0.1) is 0 Å². The second-order valence-corrected chi connectivity index (χ2v) is 7.43. The van der Waals surface area contributed by atoms with Gasteiger partial charge in [0.15, 0.2) is 0 Å². The van der Waals surface area contributed by atoms with Gasteiger partial charge < -0.3 is 5.32 Å². The Morgan fingerprint density at radius 3 is 2.85 bits per heavy atom. The summed E-state index contributed by atoms with van der Waals surface area (Å²) >= 11 is 0.964. The lowest BCUT2D eigenvalue weighted by molar-refractivity contribution is -0.127. The lowest BCUT2D eigenvalue weighted by atomic mass is 9.94. The standard InChI is InChI=1S/C18H18N4O3S/c23-15(20-13-6-7-14-12(8-13)9-19-21-14)10-22-17(24)16(26-18(22)25)11-4-2-1-3-5-11/h6-9H,1-5,10H2,(H,19,21)(H,20,23). The van der Waals surface area contributed by atoms with Crippen LogP contribution in [0.3, 0.4) is 0 Å². The fraction of sp³-hybridized carbons (Fsp3) is 0.333. The second-order valence-electron chi connectivity index (χ2n) is 6.47. The van der Waals surface area contributed by atoms with Gasteiger partial charge in [-0.25, -0.2) is 0 Å². The molecule has 1 aliphatic carbocycles. The topological polar surface area (TPSA) is 95.2 Å². The molecule has 134 valence electrons. The molecule has 1 saturated carbocycles. The van der Waals surface area contributed by atoms with E-state index >= 15 is 0 Å². The Bertz CT molecular complexity index is 925. The fourth-order valence-corrected chi connectivity index (χ4v) is 4.30. The highest BCUT2D eigenvalue weighted by Crippen LogP contribution is 2.38. The minimum Gasteiger partial charge on any atom is -0.325 e. The van der Waals surface area contributed by atoms with E-state index < -0.39 is 5.91 Å². The molecular formula is C18H18N4O3S. The van der Waals surface area contributed by atoms with E-state index in [1.807, 2.05) is 6.07 Å². The lowest BCUT2D eigenvalue weighted by Gasteiger charge is -2.16. The zero-order valence-corrected chi connectivity index (χ0v) is 14.9. The quantitative estimate of drug-likeness (QED) is 0.807. The van der Waals surface area contributed by atoms with Crippen molar-refractivity contribution in [2.45, 2.75) is 32.1 Å². The highest BCUT2D eigenvalue weighted by molar-refractivity contribution is 8.18. The van der Waals surface area contributed by atoms with Gasteiger partial charge in [0.05, 0.1) is 16.6 Å². The maximum absolute atomic E-state index is 12.6. The van der Waals surface area contributed by atoms with Gasteiger partial charge in [0, 0.05) is 11.1 Å². The van der Waals surface area contributed by atoms with Gasteiger partial charge in [-0.05, 0) is 55.6 Å². The first-order valence-electron chi connectivity index (χ1n) is 8.60. The summed E-state index contributed by atoms with van der Waals surface area (Å²) in [5.41, 5.74) is 2.53. The summed E-state index contributed by atoms with van der Waals surface area (Å²) in [7, 11) is 0. The average molecular weight is 370 g/mol. The number of benzene rings is 1. The average Bonchev–Trinajstić information content (AvgIpc) is 3.21. The maximum Gasteiger partial charge on any atom is 0.294 e. The number of H-pyrrole nitrogens is 1. The van der Waals surface area contributed by atoms with Crippen molar-refractivity contribution < 1.29 is 14.4 Å². The number of nitrogens with zero attached hydrogens (tertiary/aromatic N) is 2. The zero-order chi connectivity index (χ0) is 18.1. The number of nitrogens with one attached hydrogen (secondary N) is 2. The molecule has 0 unspecified atom stereocenters. The van der Waals surface area contributed by atoms with Crippen molar-refractivity contribution in [1.29, 1.82) is 0 Å². The smallest absolute Gasteiger partial charge is 0.294 e. The van der Waals surface area contributed by atoms with E-state index in [-0.39, 0.29) is 17.7 Å². The first-order valence-corrected chi connectivity index (χ1v) is 9.42. The molecule has 26 heavy (non-hydrogen) atoms. The summed E-state index contributed by atoms with van der Waals surface area (Å²) in [4.78, 5) is 38.7. The van der Waals surface area contributed by atoms with Crippen LogP contribution in [0.4, 0.5) is 10.5 Å². The molecule has 2 N–H and O–H groups in total. The van der Waals surface area contributed by atoms with Crippen molar-refractivity contribution in [2.24, 2.45) is 0 Å². The zero-order valence-electron chi connectivity index (χ0n) is 14.1. The number of carbonyl (C=O) groups excluding carboxylic acids is 3. The molecule has 0 bridgehead atoms. The van der Waals surface area contributed by atoms with Crippen LogP contribution in [0.2, 0.25) is 0 Å². The number of fused-ring (bicyclic) bond motifs is 1. The molecule has 0 atom stereocenters. The Kier molecular flexibility index (Phi) is 4.50. The van der Waals surface area contributed by atoms with Crippen LogP contribution in [-0.2, 0) is 9.59 Å². The molecule has 2 fully saturated rings. The Balaban J connectivity index is 1.45. The second kappa shape index (κ2) is 6.95. The number of rotatable bonds is 3. The molecule has 2 heterocycles. The van der Waals surface area contributed by atoms with Crippen LogP contribution in [0.25, 0.3) is 10.9 Å². The lowest BCUT2D eigenvalue weighted by Crippen LogP contribution is -2.36. The predicted molar refractivity (Wildman–Crippen MR) is 99.5 cm³/mol. The van der Waals surface area contributed by atoms with Gasteiger partial charge in [-0.3, -0.25) is 24.4 Å². The third-order valence-corrected chi connectivity index (χ3v) is 5.72.